The first-order chi connectivity index (χ1) is 13.1. The van der Waals surface area contributed by atoms with Crippen molar-refractivity contribution in [1.82, 2.24) is 5.32 Å². The maximum absolute atomic E-state index is 13.0. The van der Waals surface area contributed by atoms with Gasteiger partial charge in [0.05, 0.1) is 12.6 Å². The Morgan fingerprint density at radius 1 is 1.15 bits per heavy atom. The van der Waals surface area contributed by atoms with Crippen LogP contribution < -0.4 is 15.4 Å². The first kappa shape index (κ1) is 17.7. The van der Waals surface area contributed by atoms with E-state index in [4.69, 9.17) is 14.2 Å². The summed E-state index contributed by atoms with van der Waals surface area (Å²) in [5.41, 5.74) is 0.428. The first-order valence-corrected chi connectivity index (χ1v) is 8.60. The van der Waals surface area contributed by atoms with E-state index in [0.717, 1.165) is 0 Å². The Labute approximate surface area is 155 Å². The van der Waals surface area contributed by atoms with Gasteiger partial charge in [-0.3, -0.25) is 0 Å². The van der Waals surface area contributed by atoms with Crippen molar-refractivity contribution in [3.05, 3.63) is 60.4 Å². The molecule has 2 amide bonds. The molecule has 2 saturated heterocycles. The Morgan fingerprint density at radius 2 is 1.89 bits per heavy atom. The van der Waals surface area contributed by atoms with E-state index in [0.29, 0.717) is 11.4 Å². The molecule has 4 rings (SSSR count). The van der Waals surface area contributed by atoms with E-state index in [1.54, 1.807) is 12.1 Å². The molecule has 0 spiro atoms. The maximum atomic E-state index is 13.0. The standard InChI is InChI=1S/C19H19FN2O5/c20-11-6-8-12(9-7-11)21-19(24)22-15-14-10-25-18(27-14)17(16(15)23)26-13-4-2-1-3-5-13/h1-9,14-18,23H,10H2,(H2,21,22,24). The second-order valence-corrected chi connectivity index (χ2v) is 6.39. The number of carbonyl (C=O) groups is 1. The maximum Gasteiger partial charge on any atom is 0.319 e. The quantitative estimate of drug-likeness (QED) is 0.761. The third-order valence-corrected chi connectivity index (χ3v) is 4.52. The summed E-state index contributed by atoms with van der Waals surface area (Å²) in [7, 11) is 0. The van der Waals surface area contributed by atoms with E-state index in [1.165, 1.54) is 24.3 Å². The minimum Gasteiger partial charge on any atom is -0.482 e. The van der Waals surface area contributed by atoms with Gasteiger partial charge in [0, 0.05) is 5.69 Å². The normalized spacial score (nSPS) is 29.2. The average Bonchev–Trinajstić information content (AvgIpc) is 3.11. The molecular weight excluding hydrogens is 355 g/mol. The van der Waals surface area contributed by atoms with Crippen LogP contribution in [0.2, 0.25) is 0 Å². The molecule has 2 aromatic carbocycles. The van der Waals surface area contributed by atoms with E-state index in [1.807, 2.05) is 18.2 Å². The Hall–Kier alpha value is -2.68. The van der Waals surface area contributed by atoms with Crippen LogP contribution in [0, 0.1) is 5.82 Å². The van der Waals surface area contributed by atoms with Crippen molar-refractivity contribution in [1.29, 1.82) is 0 Å². The van der Waals surface area contributed by atoms with Crippen LogP contribution in [0.25, 0.3) is 0 Å². The monoisotopic (exact) mass is 374 g/mol. The lowest BCUT2D eigenvalue weighted by Gasteiger charge is -2.38. The highest BCUT2D eigenvalue weighted by Gasteiger charge is 2.52. The van der Waals surface area contributed by atoms with Gasteiger partial charge in [0.1, 0.15) is 23.8 Å². The van der Waals surface area contributed by atoms with E-state index in [9.17, 15) is 14.3 Å². The van der Waals surface area contributed by atoms with E-state index < -0.39 is 42.5 Å². The van der Waals surface area contributed by atoms with Crippen molar-refractivity contribution in [2.45, 2.75) is 30.6 Å². The van der Waals surface area contributed by atoms with Crippen LogP contribution in [-0.2, 0) is 9.47 Å². The second-order valence-electron chi connectivity index (χ2n) is 6.39. The molecule has 3 N–H and O–H groups in total. The number of rotatable bonds is 4. The smallest absolute Gasteiger partial charge is 0.319 e. The summed E-state index contributed by atoms with van der Waals surface area (Å²) in [5.74, 6) is 0.167. The van der Waals surface area contributed by atoms with Crippen molar-refractivity contribution in [3.8, 4) is 5.75 Å². The highest BCUT2D eigenvalue weighted by molar-refractivity contribution is 5.89. The minimum absolute atomic E-state index is 0.234. The van der Waals surface area contributed by atoms with Crippen LogP contribution in [0.1, 0.15) is 0 Å². The van der Waals surface area contributed by atoms with Crippen molar-refractivity contribution in [2.75, 3.05) is 11.9 Å². The third-order valence-electron chi connectivity index (χ3n) is 4.52. The van der Waals surface area contributed by atoms with Crippen LogP contribution in [0.15, 0.2) is 54.6 Å². The summed E-state index contributed by atoms with van der Waals surface area (Å²) < 4.78 is 30.1. The fourth-order valence-corrected chi connectivity index (χ4v) is 3.20. The number of hydrogen-bond donors (Lipinski definition) is 3. The molecule has 2 heterocycles. The number of benzene rings is 2. The fraction of sp³-hybridized carbons (Fsp3) is 0.316. The molecule has 8 heteroatoms. The number of fused-ring (bicyclic) bond motifs is 2. The number of ether oxygens (including phenoxy) is 3. The molecule has 2 aromatic rings. The van der Waals surface area contributed by atoms with Crippen LogP contribution in [0.5, 0.6) is 5.75 Å². The van der Waals surface area contributed by atoms with Gasteiger partial charge < -0.3 is 30.0 Å². The molecule has 2 aliphatic rings. The lowest BCUT2D eigenvalue weighted by Crippen LogP contribution is -2.62. The summed E-state index contributed by atoms with van der Waals surface area (Å²) in [6.45, 7) is 0.234. The van der Waals surface area contributed by atoms with Gasteiger partial charge in [0.2, 0.25) is 0 Å². The molecule has 0 saturated carbocycles. The number of amides is 2. The number of hydrogen-bond acceptors (Lipinski definition) is 5. The third kappa shape index (κ3) is 3.87. The molecule has 5 unspecified atom stereocenters. The van der Waals surface area contributed by atoms with Crippen LogP contribution >= 0.6 is 0 Å². The van der Waals surface area contributed by atoms with Gasteiger partial charge in [-0.25, -0.2) is 9.18 Å². The summed E-state index contributed by atoms with van der Waals surface area (Å²) in [6, 6.07) is 13.1. The Morgan fingerprint density at radius 3 is 2.63 bits per heavy atom. The van der Waals surface area contributed by atoms with Crippen molar-refractivity contribution < 1.29 is 28.5 Å². The molecule has 2 bridgehead atoms. The molecule has 7 nitrogen and oxygen atoms in total. The van der Waals surface area contributed by atoms with E-state index >= 15 is 0 Å². The van der Waals surface area contributed by atoms with E-state index in [2.05, 4.69) is 10.6 Å². The number of aliphatic hydroxyl groups is 1. The van der Waals surface area contributed by atoms with Gasteiger partial charge in [0.15, 0.2) is 12.4 Å². The minimum atomic E-state index is -1.03. The largest absolute Gasteiger partial charge is 0.482 e. The highest BCUT2D eigenvalue weighted by atomic mass is 19.1. The summed E-state index contributed by atoms with van der Waals surface area (Å²) >= 11 is 0. The highest BCUT2D eigenvalue weighted by Crippen LogP contribution is 2.31. The molecular formula is C19H19FN2O5. The van der Waals surface area contributed by atoms with Crippen LogP contribution in [0.4, 0.5) is 14.9 Å². The van der Waals surface area contributed by atoms with Gasteiger partial charge in [-0.15, -0.1) is 0 Å². The summed E-state index contributed by atoms with van der Waals surface area (Å²) in [5, 5.41) is 16.0. The van der Waals surface area contributed by atoms with Crippen molar-refractivity contribution in [2.24, 2.45) is 0 Å². The number of nitrogens with one attached hydrogen (secondary N) is 2. The predicted molar refractivity (Wildman–Crippen MR) is 93.8 cm³/mol. The van der Waals surface area contributed by atoms with Gasteiger partial charge in [-0.1, -0.05) is 18.2 Å². The zero-order valence-electron chi connectivity index (χ0n) is 14.2. The van der Waals surface area contributed by atoms with Crippen molar-refractivity contribution >= 4 is 11.7 Å². The van der Waals surface area contributed by atoms with Gasteiger partial charge in [-0.05, 0) is 36.4 Å². The van der Waals surface area contributed by atoms with E-state index in [-0.39, 0.29) is 6.61 Å². The van der Waals surface area contributed by atoms with Gasteiger partial charge in [0.25, 0.3) is 0 Å². The predicted octanol–water partition coefficient (Wildman–Crippen LogP) is 1.88. The number of carbonyl (C=O) groups excluding carboxylic acids is 1. The molecule has 142 valence electrons. The average molecular weight is 374 g/mol. The number of para-hydroxylation sites is 1. The topological polar surface area (TPSA) is 89.1 Å². The number of halogens is 1. The summed E-state index contributed by atoms with van der Waals surface area (Å²) in [4.78, 5) is 12.3. The number of aliphatic hydroxyl groups excluding tert-OH is 1. The Kier molecular flexibility index (Phi) is 4.93. The van der Waals surface area contributed by atoms with Gasteiger partial charge in [-0.2, -0.15) is 0 Å². The lowest BCUT2D eigenvalue weighted by atomic mass is 9.98. The molecule has 27 heavy (non-hydrogen) atoms. The number of urea groups is 1. The summed E-state index contributed by atoms with van der Waals surface area (Å²) in [6.07, 6.45) is -3.01. The van der Waals surface area contributed by atoms with Crippen LogP contribution in [-0.4, -0.2) is 48.4 Å². The second kappa shape index (κ2) is 7.51. The Bertz CT molecular complexity index is 788. The van der Waals surface area contributed by atoms with Crippen molar-refractivity contribution in [3.63, 3.8) is 0 Å². The number of anilines is 1. The Balaban J connectivity index is 1.43. The lowest BCUT2D eigenvalue weighted by molar-refractivity contribution is -0.192. The van der Waals surface area contributed by atoms with Gasteiger partial charge >= 0.3 is 6.03 Å². The first-order valence-electron chi connectivity index (χ1n) is 8.60. The van der Waals surface area contributed by atoms with Crippen LogP contribution in [0.3, 0.4) is 0 Å². The molecule has 0 aliphatic carbocycles. The molecule has 2 fully saturated rings. The SMILES string of the molecule is O=C(Nc1ccc(F)cc1)NC1C2COC(O2)C(Oc2ccccc2)C1O. The zero-order chi connectivity index (χ0) is 18.8. The molecule has 0 aromatic heterocycles. The molecule has 5 atom stereocenters. The molecule has 2 aliphatic heterocycles. The zero-order valence-corrected chi connectivity index (χ0v) is 14.2. The molecule has 0 radical (unpaired) electrons. The fourth-order valence-electron chi connectivity index (χ4n) is 3.20.